The number of ether oxygens (including phenoxy) is 1. The van der Waals surface area contributed by atoms with Crippen molar-refractivity contribution in [3.8, 4) is 0 Å². The SMILES string of the molecule is Cc1nn(C)c(Cl)c1CC(=O)CCOCC(F)F. The van der Waals surface area contributed by atoms with Crippen LogP contribution in [0.15, 0.2) is 0 Å². The molecule has 0 amide bonds. The highest BCUT2D eigenvalue weighted by Crippen LogP contribution is 2.19. The summed E-state index contributed by atoms with van der Waals surface area (Å²) in [6.07, 6.45) is -2.26. The van der Waals surface area contributed by atoms with Crippen LogP contribution < -0.4 is 0 Å². The van der Waals surface area contributed by atoms with Gasteiger partial charge in [0.25, 0.3) is 6.43 Å². The lowest BCUT2D eigenvalue weighted by molar-refractivity contribution is -0.119. The minimum atomic E-state index is -2.50. The number of Topliss-reactive ketones (excluding diaryl/α,β-unsaturated/α-hetero) is 1. The van der Waals surface area contributed by atoms with Crippen molar-refractivity contribution in [1.29, 1.82) is 0 Å². The molecule has 18 heavy (non-hydrogen) atoms. The Labute approximate surface area is 109 Å². The summed E-state index contributed by atoms with van der Waals surface area (Å²) in [7, 11) is 1.69. The first-order valence-electron chi connectivity index (χ1n) is 5.47. The molecule has 1 rings (SSSR count). The van der Waals surface area contributed by atoms with Crippen LogP contribution >= 0.6 is 11.6 Å². The van der Waals surface area contributed by atoms with Crippen LogP contribution in [-0.2, 0) is 23.0 Å². The zero-order valence-corrected chi connectivity index (χ0v) is 11.0. The van der Waals surface area contributed by atoms with Crippen molar-refractivity contribution in [3.05, 3.63) is 16.4 Å². The highest BCUT2D eigenvalue weighted by molar-refractivity contribution is 6.30. The van der Waals surface area contributed by atoms with Crippen molar-refractivity contribution in [3.63, 3.8) is 0 Å². The van der Waals surface area contributed by atoms with Crippen molar-refractivity contribution in [2.45, 2.75) is 26.2 Å². The van der Waals surface area contributed by atoms with E-state index in [1.807, 2.05) is 0 Å². The largest absolute Gasteiger partial charge is 0.375 e. The van der Waals surface area contributed by atoms with Crippen LogP contribution in [0.1, 0.15) is 17.7 Å². The van der Waals surface area contributed by atoms with Crippen molar-refractivity contribution < 1.29 is 18.3 Å². The Balaban J connectivity index is 2.40. The minimum Gasteiger partial charge on any atom is -0.375 e. The summed E-state index contributed by atoms with van der Waals surface area (Å²) in [5, 5.41) is 4.51. The molecule has 0 bridgehead atoms. The number of hydrogen-bond acceptors (Lipinski definition) is 3. The quantitative estimate of drug-likeness (QED) is 0.719. The second-order valence-corrected chi connectivity index (χ2v) is 4.27. The molecule has 0 aromatic carbocycles. The number of rotatable bonds is 7. The summed E-state index contributed by atoms with van der Waals surface area (Å²) in [5.74, 6) is -0.109. The Hall–Kier alpha value is -1.01. The molecule has 0 saturated carbocycles. The average molecular weight is 281 g/mol. The first-order chi connectivity index (χ1) is 8.41. The van der Waals surface area contributed by atoms with Gasteiger partial charge >= 0.3 is 0 Å². The third kappa shape index (κ3) is 4.34. The van der Waals surface area contributed by atoms with E-state index in [-0.39, 0.29) is 25.2 Å². The van der Waals surface area contributed by atoms with Crippen LogP contribution in [-0.4, -0.2) is 35.2 Å². The highest BCUT2D eigenvalue weighted by Gasteiger charge is 2.15. The van der Waals surface area contributed by atoms with E-state index in [0.29, 0.717) is 16.4 Å². The molecule has 0 aliphatic rings. The molecule has 4 nitrogen and oxygen atoms in total. The molecule has 0 fully saturated rings. The maximum atomic E-state index is 11.8. The van der Waals surface area contributed by atoms with Gasteiger partial charge in [0.1, 0.15) is 17.5 Å². The van der Waals surface area contributed by atoms with Crippen molar-refractivity contribution in [2.75, 3.05) is 13.2 Å². The molecular weight excluding hydrogens is 266 g/mol. The van der Waals surface area contributed by atoms with E-state index in [1.165, 1.54) is 4.68 Å². The molecule has 0 radical (unpaired) electrons. The van der Waals surface area contributed by atoms with E-state index in [9.17, 15) is 13.6 Å². The third-order valence-corrected chi connectivity index (χ3v) is 2.89. The average Bonchev–Trinajstić information content (AvgIpc) is 2.51. The summed E-state index contributed by atoms with van der Waals surface area (Å²) in [6.45, 7) is 1.13. The van der Waals surface area contributed by atoms with Crippen LogP contribution in [0.3, 0.4) is 0 Å². The number of hydrogen-bond donors (Lipinski definition) is 0. The number of carbonyl (C=O) groups excluding carboxylic acids is 1. The molecule has 0 spiro atoms. The van der Waals surface area contributed by atoms with Gasteiger partial charge in [-0.05, 0) is 6.92 Å². The Bertz CT molecular complexity index is 421. The van der Waals surface area contributed by atoms with Crippen molar-refractivity contribution in [2.24, 2.45) is 7.05 Å². The standard InChI is InChI=1S/C11H15ClF2N2O2/c1-7-9(11(12)16(2)15-7)5-8(17)3-4-18-6-10(13)14/h10H,3-6H2,1-2H3. The predicted octanol–water partition coefficient (Wildman–Crippen LogP) is 2.17. The van der Waals surface area contributed by atoms with E-state index in [2.05, 4.69) is 9.84 Å². The summed E-state index contributed by atoms with van der Waals surface area (Å²) >= 11 is 5.98. The Morgan fingerprint density at radius 1 is 1.56 bits per heavy atom. The van der Waals surface area contributed by atoms with Crippen LogP contribution in [0.5, 0.6) is 0 Å². The molecule has 0 aliphatic carbocycles. The van der Waals surface area contributed by atoms with Crippen molar-refractivity contribution >= 4 is 17.4 Å². The van der Waals surface area contributed by atoms with Crippen molar-refractivity contribution in [1.82, 2.24) is 9.78 Å². The lowest BCUT2D eigenvalue weighted by atomic mass is 10.1. The molecule has 0 unspecified atom stereocenters. The molecular formula is C11H15ClF2N2O2. The molecule has 102 valence electrons. The molecule has 1 heterocycles. The maximum absolute atomic E-state index is 11.8. The number of aryl methyl sites for hydroxylation is 2. The first-order valence-corrected chi connectivity index (χ1v) is 5.85. The number of ketones is 1. The molecule has 0 atom stereocenters. The lowest BCUT2D eigenvalue weighted by Gasteiger charge is -2.03. The lowest BCUT2D eigenvalue weighted by Crippen LogP contribution is -2.11. The smallest absolute Gasteiger partial charge is 0.261 e. The van der Waals surface area contributed by atoms with E-state index in [1.54, 1.807) is 14.0 Å². The number of aromatic nitrogens is 2. The Morgan fingerprint density at radius 2 is 2.22 bits per heavy atom. The second-order valence-electron chi connectivity index (χ2n) is 3.91. The van der Waals surface area contributed by atoms with Gasteiger partial charge in [0.15, 0.2) is 0 Å². The molecule has 7 heteroatoms. The molecule has 0 aliphatic heterocycles. The van der Waals surface area contributed by atoms with Crippen LogP contribution in [0.2, 0.25) is 5.15 Å². The van der Waals surface area contributed by atoms with Gasteiger partial charge in [-0.1, -0.05) is 11.6 Å². The number of carbonyl (C=O) groups is 1. The number of nitrogens with zero attached hydrogens (tertiary/aromatic N) is 2. The summed E-state index contributed by atoms with van der Waals surface area (Å²) in [6, 6.07) is 0. The van der Waals surface area contributed by atoms with E-state index in [4.69, 9.17) is 11.6 Å². The summed E-state index contributed by atoms with van der Waals surface area (Å²) in [5.41, 5.74) is 1.38. The van der Waals surface area contributed by atoms with E-state index >= 15 is 0 Å². The fourth-order valence-corrected chi connectivity index (χ4v) is 1.76. The van der Waals surface area contributed by atoms with Gasteiger partial charge < -0.3 is 4.74 Å². The third-order valence-electron chi connectivity index (χ3n) is 2.41. The normalized spacial score (nSPS) is 11.2. The second kappa shape index (κ2) is 6.80. The van der Waals surface area contributed by atoms with Gasteiger partial charge in [0.05, 0.1) is 12.3 Å². The Kier molecular flexibility index (Phi) is 5.68. The molecule has 1 aromatic rings. The number of alkyl halides is 2. The zero-order chi connectivity index (χ0) is 13.7. The maximum Gasteiger partial charge on any atom is 0.261 e. The van der Waals surface area contributed by atoms with Gasteiger partial charge in [-0.25, -0.2) is 8.78 Å². The fourth-order valence-electron chi connectivity index (χ4n) is 1.52. The van der Waals surface area contributed by atoms with Gasteiger partial charge in [-0.3, -0.25) is 9.48 Å². The first kappa shape index (κ1) is 15.0. The number of halogens is 3. The van der Waals surface area contributed by atoms with E-state index in [0.717, 1.165) is 0 Å². The van der Waals surface area contributed by atoms with Gasteiger partial charge in [-0.15, -0.1) is 0 Å². The minimum absolute atomic E-state index is 0.000101. The van der Waals surface area contributed by atoms with Gasteiger partial charge in [-0.2, -0.15) is 5.10 Å². The Morgan fingerprint density at radius 3 is 2.72 bits per heavy atom. The van der Waals surface area contributed by atoms with E-state index < -0.39 is 13.0 Å². The highest BCUT2D eigenvalue weighted by atomic mass is 35.5. The monoisotopic (exact) mass is 280 g/mol. The summed E-state index contributed by atoms with van der Waals surface area (Å²) in [4.78, 5) is 11.6. The van der Waals surface area contributed by atoms with Crippen LogP contribution in [0.25, 0.3) is 0 Å². The summed E-state index contributed by atoms with van der Waals surface area (Å²) < 4.78 is 29.7. The van der Waals surface area contributed by atoms with Gasteiger partial charge in [0, 0.05) is 25.5 Å². The van der Waals surface area contributed by atoms with Gasteiger partial charge in [0.2, 0.25) is 0 Å². The molecule has 0 saturated heterocycles. The van der Waals surface area contributed by atoms with Crippen LogP contribution in [0, 0.1) is 6.92 Å². The van der Waals surface area contributed by atoms with Crippen LogP contribution in [0.4, 0.5) is 8.78 Å². The topological polar surface area (TPSA) is 44.1 Å². The molecule has 1 aromatic heterocycles. The predicted molar refractivity (Wildman–Crippen MR) is 63.1 cm³/mol. The fraction of sp³-hybridized carbons (Fsp3) is 0.636. The molecule has 0 N–H and O–H groups in total. The zero-order valence-electron chi connectivity index (χ0n) is 10.3.